The van der Waals surface area contributed by atoms with Crippen LogP contribution in [0.4, 0.5) is 5.69 Å². The maximum atomic E-state index is 12.2. The molecule has 28 heavy (non-hydrogen) atoms. The van der Waals surface area contributed by atoms with Crippen molar-refractivity contribution < 1.29 is 13.9 Å². The van der Waals surface area contributed by atoms with Crippen molar-refractivity contribution in [2.45, 2.75) is 0 Å². The first-order chi connectivity index (χ1) is 13.5. The average Bonchev–Trinajstić information content (AvgIpc) is 3.27. The maximum absolute atomic E-state index is 12.2. The second kappa shape index (κ2) is 7.01. The standard InChI is InChI=1S/C20H13IN4O3/c1-27-20(26)18-17(23)12(9-22)10-25(18)14-5-6-16-15(8-14)24-19(28-16)11-3-2-4-13(21)7-11/h2-8,10H,23H2,1H3. The van der Waals surface area contributed by atoms with Crippen molar-refractivity contribution in [1.82, 2.24) is 9.55 Å². The van der Waals surface area contributed by atoms with E-state index >= 15 is 0 Å². The number of carbonyl (C=O) groups excluding carboxylic acids is 1. The van der Waals surface area contributed by atoms with Crippen LogP contribution in [0, 0.1) is 14.9 Å². The molecule has 2 aromatic heterocycles. The van der Waals surface area contributed by atoms with Gasteiger partial charge in [-0.15, -0.1) is 0 Å². The van der Waals surface area contributed by atoms with Gasteiger partial charge in [0.15, 0.2) is 11.3 Å². The second-order valence-electron chi connectivity index (χ2n) is 5.96. The molecule has 0 bridgehead atoms. The lowest BCUT2D eigenvalue weighted by molar-refractivity contribution is 0.0593. The van der Waals surface area contributed by atoms with Crippen LogP contribution in [0.1, 0.15) is 16.1 Å². The molecule has 4 aromatic rings. The fourth-order valence-corrected chi connectivity index (χ4v) is 3.47. The van der Waals surface area contributed by atoms with Gasteiger partial charge in [-0.2, -0.15) is 5.26 Å². The highest BCUT2D eigenvalue weighted by Gasteiger charge is 2.22. The Morgan fingerprint density at radius 1 is 1.32 bits per heavy atom. The van der Waals surface area contributed by atoms with E-state index in [1.54, 1.807) is 18.2 Å². The summed E-state index contributed by atoms with van der Waals surface area (Å²) in [5.74, 6) is -0.123. The number of nitrogens with two attached hydrogens (primary N) is 1. The molecular formula is C20H13IN4O3. The van der Waals surface area contributed by atoms with Crippen LogP contribution in [0.25, 0.3) is 28.2 Å². The molecule has 0 spiro atoms. The summed E-state index contributed by atoms with van der Waals surface area (Å²) in [6.45, 7) is 0. The van der Waals surface area contributed by atoms with Gasteiger partial charge < -0.3 is 19.5 Å². The zero-order valence-corrected chi connectivity index (χ0v) is 16.8. The number of benzene rings is 2. The molecule has 0 unspecified atom stereocenters. The molecule has 0 atom stereocenters. The predicted molar refractivity (Wildman–Crippen MR) is 112 cm³/mol. The van der Waals surface area contributed by atoms with Crippen molar-refractivity contribution in [3.63, 3.8) is 0 Å². The van der Waals surface area contributed by atoms with E-state index in [9.17, 15) is 10.1 Å². The number of oxazole rings is 1. The fourth-order valence-electron chi connectivity index (χ4n) is 2.93. The lowest BCUT2D eigenvalue weighted by Gasteiger charge is -2.08. The number of nitriles is 1. The van der Waals surface area contributed by atoms with E-state index in [0.29, 0.717) is 22.7 Å². The molecule has 138 valence electrons. The Hall–Kier alpha value is -3.32. The van der Waals surface area contributed by atoms with Crippen LogP contribution in [0.15, 0.2) is 53.1 Å². The lowest BCUT2D eigenvalue weighted by atomic mass is 10.2. The zero-order chi connectivity index (χ0) is 19.8. The number of aromatic nitrogens is 2. The summed E-state index contributed by atoms with van der Waals surface area (Å²) < 4.78 is 13.3. The van der Waals surface area contributed by atoms with Gasteiger partial charge in [0.05, 0.1) is 18.4 Å². The molecule has 7 nitrogen and oxygen atoms in total. The number of nitrogens with zero attached hydrogens (tertiary/aromatic N) is 3. The fraction of sp³-hybridized carbons (Fsp3) is 0.0500. The van der Waals surface area contributed by atoms with Gasteiger partial charge in [-0.3, -0.25) is 0 Å². The first-order valence-electron chi connectivity index (χ1n) is 8.18. The molecule has 0 fully saturated rings. The minimum absolute atomic E-state index is 0.0779. The van der Waals surface area contributed by atoms with E-state index < -0.39 is 5.97 Å². The number of nitrogen functional groups attached to an aromatic ring is 1. The number of anilines is 1. The summed E-state index contributed by atoms with van der Waals surface area (Å²) in [5, 5.41) is 9.26. The van der Waals surface area contributed by atoms with E-state index in [2.05, 4.69) is 27.6 Å². The van der Waals surface area contributed by atoms with Gasteiger partial charge in [-0.25, -0.2) is 9.78 Å². The summed E-state index contributed by atoms with van der Waals surface area (Å²) in [6, 6.07) is 15.1. The predicted octanol–water partition coefficient (Wildman–Crippen LogP) is 4.13. The quantitative estimate of drug-likeness (QED) is 0.346. The zero-order valence-electron chi connectivity index (χ0n) is 14.6. The first-order valence-corrected chi connectivity index (χ1v) is 9.26. The Labute approximate surface area is 173 Å². The minimum atomic E-state index is -0.626. The van der Waals surface area contributed by atoms with Crippen LogP contribution in [0.5, 0.6) is 0 Å². The van der Waals surface area contributed by atoms with Crippen molar-refractivity contribution in [3.05, 3.63) is 63.5 Å². The van der Waals surface area contributed by atoms with Crippen LogP contribution in [-0.2, 0) is 4.74 Å². The third kappa shape index (κ3) is 2.99. The van der Waals surface area contributed by atoms with Crippen molar-refractivity contribution >= 4 is 45.3 Å². The van der Waals surface area contributed by atoms with Gasteiger partial charge in [-0.1, -0.05) is 6.07 Å². The normalized spacial score (nSPS) is 10.8. The van der Waals surface area contributed by atoms with Gasteiger partial charge in [0.2, 0.25) is 5.89 Å². The third-order valence-electron chi connectivity index (χ3n) is 4.26. The number of hydrogen-bond acceptors (Lipinski definition) is 6. The summed E-state index contributed by atoms with van der Waals surface area (Å²) in [5.41, 5.74) is 9.04. The lowest BCUT2D eigenvalue weighted by Crippen LogP contribution is -2.11. The molecule has 0 aliphatic carbocycles. The van der Waals surface area contributed by atoms with Crippen molar-refractivity contribution in [2.24, 2.45) is 0 Å². The van der Waals surface area contributed by atoms with Crippen molar-refractivity contribution in [2.75, 3.05) is 12.8 Å². The highest BCUT2D eigenvalue weighted by molar-refractivity contribution is 14.1. The largest absolute Gasteiger partial charge is 0.464 e. The van der Waals surface area contributed by atoms with E-state index in [1.165, 1.54) is 17.9 Å². The summed E-state index contributed by atoms with van der Waals surface area (Å²) >= 11 is 2.23. The SMILES string of the molecule is COC(=O)c1c(N)c(C#N)cn1-c1ccc2oc(-c3cccc(I)c3)nc2c1. The average molecular weight is 484 g/mol. The Kier molecular flexibility index (Phi) is 4.52. The number of methoxy groups -OCH3 is 1. The molecule has 2 N–H and O–H groups in total. The van der Waals surface area contributed by atoms with Gasteiger partial charge in [0.1, 0.15) is 11.6 Å². The highest BCUT2D eigenvalue weighted by atomic mass is 127. The highest BCUT2D eigenvalue weighted by Crippen LogP contribution is 2.29. The number of halogens is 1. The topological polar surface area (TPSA) is 107 Å². The Morgan fingerprint density at radius 3 is 2.86 bits per heavy atom. The molecule has 0 radical (unpaired) electrons. The number of fused-ring (bicyclic) bond motifs is 1. The van der Waals surface area contributed by atoms with Gasteiger partial charge in [0.25, 0.3) is 0 Å². The maximum Gasteiger partial charge on any atom is 0.357 e. The third-order valence-corrected chi connectivity index (χ3v) is 4.94. The first kappa shape index (κ1) is 18.1. The second-order valence-corrected chi connectivity index (χ2v) is 7.21. The van der Waals surface area contributed by atoms with Gasteiger partial charge in [-0.05, 0) is 59.0 Å². The van der Waals surface area contributed by atoms with E-state index in [4.69, 9.17) is 14.9 Å². The molecule has 4 rings (SSSR count). The van der Waals surface area contributed by atoms with E-state index in [1.807, 2.05) is 30.3 Å². The molecule has 0 saturated carbocycles. The van der Waals surface area contributed by atoms with Crippen LogP contribution >= 0.6 is 22.6 Å². The number of ether oxygens (including phenoxy) is 1. The van der Waals surface area contributed by atoms with Crippen molar-refractivity contribution in [3.8, 4) is 23.2 Å². The molecule has 0 aliphatic heterocycles. The van der Waals surface area contributed by atoms with Crippen LogP contribution in [-0.4, -0.2) is 22.6 Å². The summed E-state index contributed by atoms with van der Waals surface area (Å²) in [4.78, 5) is 16.7. The Balaban J connectivity index is 1.85. The van der Waals surface area contributed by atoms with E-state index in [-0.39, 0.29) is 16.9 Å². The minimum Gasteiger partial charge on any atom is -0.464 e. The summed E-state index contributed by atoms with van der Waals surface area (Å²) in [7, 11) is 1.26. The molecule has 0 amide bonds. The Morgan fingerprint density at radius 2 is 2.14 bits per heavy atom. The number of hydrogen-bond donors (Lipinski definition) is 1. The monoisotopic (exact) mass is 484 g/mol. The molecule has 0 aliphatic rings. The molecule has 0 saturated heterocycles. The van der Waals surface area contributed by atoms with Crippen LogP contribution in [0.2, 0.25) is 0 Å². The number of esters is 1. The van der Waals surface area contributed by atoms with Gasteiger partial charge >= 0.3 is 5.97 Å². The molecule has 8 heteroatoms. The summed E-state index contributed by atoms with van der Waals surface area (Å²) in [6.07, 6.45) is 1.50. The molecular weight excluding hydrogens is 471 g/mol. The number of carbonyl (C=O) groups is 1. The van der Waals surface area contributed by atoms with Crippen molar-refractivity contribution in [1.29, 1.82) is 5.26 Å². The Bertz CT molecular complexity index is 1270. The molecule has 2 aromatic carbocycles. The number of rotatable bonds is 3. The van der Waals surface area contributed by atoms with Gasteiger partial charge in [0, 0.05) is 21.0 Å². The van der Waals surface area contributed by atoms with E-state index in [0.717, 1.165) is 9.13 Å². The van der Waals surface area contributed by atoms with Crippen LogP contribution in [0.3, 0.4) is 0 Å². The molecule has 2 heterocycles. The smallest absolute Gasteiger partial charge is 0.357 e. The van der Waals surface area contributed by atoms with Crippen LogP contribution < -0.4 is 5.73 Å².